The molecule has 0 saturated carbocycles. The summed E-state index contributed by atoms with van der Waals surface area (Å²) in [7, 11) is 3.43. The monoisotopic (exact) mass is 235 g/mol. The number of rotatable bonds is 1. The van der Waals surface area contributed by atoms with Crippen LogP contribution in [0, 0.1) is 0 Å². The Labute approximate surface area is 98.8 Å². The second-order valence-corrected chi connectivity index (χ2v) is 4.30. The van der Waals surface area contributed by atoms with Gasteiger partial charge < -0.3 is 14.5 Å². The quantitative estimate of drug-likeness (QED) is 0.682. The fourth-order valence-electron chi connectivity index (χ4n) is 2.34. The number of benzene rings is 1. The van der Waals surface area contributed by atoms with Crippen LogP contribution < -0.4 is 9.62 Å². The summed E-state index contributed by atoms with van der Waals surface area (Å²) in [6.45, 7) is 0.966. The van der Waals surface area contributed by atoms with E-state index in [1.54, 1.807) is 19.1 Å². The molecule has 2 aliphatic rings. The van der Waals surface area contributed by atoms with Gasteiger partial charge in [-0.1, -0.05) is 0 Å². The van der Waals surface area contributed by atoms with Crippen molar-refractivity contribution in [1.82, 2.24) is 4.90 Å². The summed E-state index contributed by atoms with van der Waals surface area (Å²) in [6, 6.07) is 1.88. The van der Waals surface area contributed by atoms with Crippen molar-refractivity contribution in [3.63, 3.8) is 0 Å². The van der Waals surface area contributed by atoms with Gasteiger partial charge in [0.1, 0.15) is 12.4 Å². The summed E-state index contributed by atoms with van der Waals surface area (Å²) in [5.74, 6) is 1.56. The normalized spacial score (nSPS) is 17.5. The molecule has 0 fully saturated rings. The van der Waals surface area contributed by atoms with Crippen molar-refractivity contribution in [3.05, 3.63) is 22.8 Å². The maximum Gasteiger partial charge on any atom is 0.227 e. The Bertz CT molecular complexity index is 498. The summed E-state index contributed by atoms with van der Waals surface area (Å²) in [4.78, 5) is 23.4. The molecule has 0 atom stereocenters. The number of hydrogen-bond donors (Lipinski definition) is 0. The summed E-state index contributed by atoms with van der Waals surface area (Å²) >= 11 is 0. The van der Waals surface area contributed by atoms with Gasteiger partial charge in [-0.2, -0.15) is 4.89 Å². The van der Waals surface area contributed by atoms with Gasteiger partial charge in [-0.25, -0.2) is 0 Å². The Morgan fingerprint density at radius 3 is 3.00 bits per heavy atom. The minimum atomic E-state index is 0.110. The van der Waals surface area contributed by atoms with Gasteiger partial charge in [0, 0.05) is 19.2 Å². The molecular formula is C12H13NO4. The highest BCUT2D eigenvalue weighted by Gasteiger charge is 2.29. The van der Waals surface area contributed by atoms with Crippen LogP contribution in [0.4, 0.5) is 0 Å². The molecule has 0 aliphatic carbocycles. The molecule has 0 aromatic heterocycles. The molecule has 0 N–H and O–H groups in total. The van der Waals surface area contributed by atoms with Gasteiger partial charge in [0.05, 0.1) is 19.1 Å². The summed E-state index contributed by atoms with van der Waals surface area (Å²) < 4.78 is 5.44. The van der Waals surface area contributed by atoms with E-state index in [1.165, 1.54) is 0 Å². The molecule has 5 nitrogen and oxygen atoms in total. The van der Waals surface area contributed by atoms with E-state index < -0.39 is 0 Å². The molecule has 0 saturated heterocycles. The molecular weight excluding hydrogens is 222 g/mol. The highest BCUT2D eigenvalue weighted by Crippen LogP contribution is 2.41. The largest absolute Gasteiger partial charge is 0.496 e. The van der Waals surface area contributed by atoms with Crippen LogP contribution in [0.3, 0.4) is 0 Å². The Morgan fingerprint density at radius 2 is 2.24 bits per heavy atom. The van der Waals surface area contributed by atoms with Gasteiger partial charge >= 0.3 is 0 Å². The molecule has 0 radical (unpaired) electrons. The highest BCUT2D eigenvalue weighted by molar-refractivity contribution is 5.81. The van der Waals surface area contributed by atoms with E-state index >= 15 is 0 Å². The third kappa shape index (κ3) is 1.46. The highest BCUT2D eigenvalue weighted by atomic mass is 17.2. The third-order valence-electron chi connectivity index (χ3n) is 3.26. The lowest BCUT2D eigenvalue weighted by atomic mass is 9.95. The SMILES string of the molecule is COc1c2c(cc3c1COO3)CC(=O)N(C)C2. The second kappa shape index (κ2) is 3.63. The number of ether oxygens (including phenoxy) is 1. The number of hydrogen-bond acceptors (Lipinski definition) is 4. The Morgan fingerprint density at radius 1 is 1.41 bits per heavy atom. The minimum Gasteiger partial charge on any atom is -0.496 e. The average Bonchev–Trinajstić information content (AvgIpc) is 2.75. The van der Waals surface area contributed by atoms with Crippen molar-refractivity contribution < 1.29 is 19.3 Å². The smallest absolute Gasteiger partial charge is 0.227 e. The van der Waals surface area contributed by atoms with Crippen LogP contribution in [0.25, 0.3) is 0 Å². The molecule has 5 heteroatoms. The molecule has 2 heterocycles. The molecule has 3 rings (SSSR count). The predicted octanol–water partition coefficient (Wildman–Crippen LogP) is 1.03. The van der Waals surface area contributed by atoms with Crippen molar-refractivity contribution >= 4 is 5.91 Å². The number of fused-ring (bicyclic) bond motifs is 2. The zero-order valence-electron chi connectivity index (χ0n) is 9.78. The standard InChI is InChI=1S/C12H13NO4/c1-13-5-8-7(4-11(13)14)3-10-9(6-16-17-10)12(8)15-2/h3H,4-6H2,1-2H3. The summed E-state index contributed by atoms with van der Waals surface area (Å²) in [5.41, 5.74) is 2.95. The van der Waals surface area contributed by atoms with E-state index in [0.717, 1.165) is 22.4 Å². The third-order valence-corrected chi connectivity index (χ3v) is 3.26. The average molecular weight is 235 g/mol. The van der Waals surface area contributed by atoms with Crippen molar-refractivity contribution in [1.29, 1.82) is 0 Å². The zero-order chi connectivity index (χ0) is 12.0. The molecule has 17 heavy (non-hydrogen) atoms. The summed E-state index contributed by atoms with van der Waals surface area (Å²) in [5, 5.41) is 0. The first-order chi connectivity index (χ1) is 8.20. The number of carbonyl (C=O) groups is 1. The number of likely N-dealkylation sites (N-methyl/N-ethyl adjacent to an activating group) is 1. The first-order valence-corrected chi connectivity index (χ1v) is 5.45. The van der Waals surface area contributed by atoms with Crippen molar-refractivity contribution in [2.45, 2.75) is 19.6 Å². The molecule has 2 aliphatic heterocycles. The topological polar surface area (TPSA) is 48.0 Å². The maximum atomic E-state index is 11.7. The van der Waals surface area contributed by atoms with Crippen LogP contribution in [0.5, 0.6) is 11.5 Å². The van der Waals surface area contributed by atoms with E-state index in [4.69, 9.17) is 14.5 Å². The molecule has 0 bridgehead atoms. The number of carbonyl (C=O) groups excluding carboxylic acids is 1. The molecule has 1 aromatic carbocycles. The number of methoxy groups -OCH3 is 1. The number of amides is 1. The van der Waals surface area contributed by atoms with Gasteiger partial charge in [0.15, 0.2) is 5.75 Å². The van der Waals surface area contributed by atoms with Crippen LogP contribution in [0.2, 0.25) is 0 Å². The lowest BCUT2D eigenvalue weighted by Gasteiger charge is -2.27. The van der Waals surface area contributed by atoms with Crippen molar-refractivity contribution in [2.24, 2.45) is 0 Å². The van der Waals surface area contributed by atoms with Crippen molar-refractivity contribution in [2.75, 3.05) is 14.2 Å². The van der Waals surface area contributed by atoms with Gasteiger partial charge in [-0.05, 0) is 11.6 Å². The molecule has 1 aromatic rings. The Kier molecular flexibility index (Phi) is 2.22. The first kappa shape index (κ1) is 10.4. The van der Waals surface area contributed by atoms with E-state index in [9.17, 15) is 4.79 Å². The summed E-state index contributed by atoms with van der Waals surface area (Å²) in [6.07, 6.45) is 0.388. The van der Waals surface area contributed by atoms with Crippen LogP contribution in [0.15, 0.2) is 6.07 Å². The van der Waals surface area contributed by atoms with Gasteiger partial charge in [-0.3, -0.25) is 4.79 Å². The fraction of sp³-hybridized carbons (Fsp3) is 0.417. The van der Waals surface area contributed by atoms with E-state index in [-0.39, 0.29) is 5.91 Å². The molecule has 0 spiro atoms. The lowest BCUT2D eigenvalue weighted by Crippen LogP contribution is -2.33. The van der Waals surface area contributed by atoms with Crippen LogP contribution in [-0.2, 0) is 29.3 Å². The van der Waals surface area contributed by atoms with E-state index in [2.05, 4.69) is 0 Å². The predicted molar refractivity (Wildman–Crippen MR) is 58.6 cm³/mol. The number of nitrogens with zero attached hydrogens (tertiary/aromatic N) is 1. The zero-order valence-corrected chi connectivity index (χ0v) is 9.78. The van der Waals surface area contributed by atoms with Gasteiger partial charge in [0.25, 0.3) is 0 Å². The Hall–Kier alpha value is -1.75. The Balaban J connectivity index is 2.17. The van der Waals surface area contributed by atoms with E-state index in [1.807, 2.05) is 6.07 Å². The van der Waals surface area contributed by atoms with Crippen LogP contribution >= 0.6 is 0 Å². The lowest BCUT2D eigenvalue weighted by molar-refractivity contribution is -0.194. The minimum absolute atomic E-state index is 0.110. The fourth-order valence-corrected chi connectivity index (χ4v) is 2.34. The maximum absolute atomic E-state index is 11.7. The van der Waals surface area contributed by atoms with Gasteiger partial charge in [0.2, 0.25) is 5.91 Å². The van der Waals surface area contributed by atoms with E-state index in [0.29, 0.717) is 25.3 Å². The van der Waals surface area contributed by atoms with Gasteiger partial charge in [-0.15, -0.1) is 0 Å². The molecule has 0 unspecified atom stereocenters. The second-order valence-electron chi connectivity index (χ2n) is 4.30. The van der Waals surface area contributed by atoms with Crippen LogP contribution in [-0.4, -0.2) is 25.0 Å². The molecule has 1 amide bonds. The van der Waals surface area contributed by atoms with Crippen LogP contribution in [0.1, 0.15) is 16.7 Å². The van der Waals surface area contributed by atoms with Crippen molar-refractivity contribution in [3.8, 4) is 11.5 Å². The first-order valence-electron chi connectivity index (χ1n) is 5.45. The molecule has 90 valence electrons.